The minimum Gasteiger partial charge on any atom is -0.464 e. The molecular weight excluding hydrogens is 335 g/mol. The number of hydrogen-bond acceptors (Lipinski definition) is 4. The maximum absolute atomic E-state index is 6.12. The first kappa shape index (κ1) is 14.8. The van der Waals surface area contributed by atoms with Crippen LogP contribution in [0.25, 0.3) is 11.0 Å². The molecule has 118 valence electrons. The van der Waals surface area contributed by atoms with Crippen LogP contribution < -0.4 is 4.90 Å². The molecule has 0 bridgehead atoms. The number of benzene rings is 1. The topological polar surface area (TPSA) is 38.5 Å². The minimum absolute atomic E-state index is 0.0672. The predicted molar refractivity (Wildman–Crippen MR) is 91.4 cm³/mol. The fourth-order valence-electron chi connectivity index (χ4n) is 2.89. The van der Waals surface area contributed by atoms with E-state index in [0.29, 0.717) is 23.2 Å². The number of ether oxygens (including phenoxy) is 1. The SMILES string of the molecule is Clc1ccc(C2CN(c3nccc4occc34)CCO2)cc1Cl. The second-order valence-corrected chi connectivity index (χ2v) is 6.26. The molecule has 0 saturated carbocycles. The molecule has 0 amide bonds. The van der Waals surface area contributed by atoms with E-state index in [-0.39, 0.29) is 6.10 Å². The van der Waals surface area contributed by atoms with Crippen molar-refractivity contribution in [3.8, 4) is 0 Å². The van der Waals surface area contributed by atoms with Crippen molar-refractivity contribution >= 4 is 40.0 Å². The van der Waals surface area contributed by atoms with Crippen molar-refractivity contribution in [1.82, 2.24) is 4.98 Å². The van der Waals surface area contributed by atoms with E-state index in [1.807, 2.05) is 24.3 Å². The largest absolute Gasteiger partial charge is 0.464 e. The van der Waals surface area contributed by atoms with Crippen LogP contribution in [0.2, 0.25) is 10.0 Å². The number of furan rings is 1. The Balaban J connectivity index is 1.64. The fraction of sp³-hybridized carbons (Fsp3) is 0.235. The second kappa shape index (κ2) is 6.04. The highest BCUT2D eigenvalue weighted by Gasteiger charge is 2.25. The number of fused-ring (bicyclic) bond motifs is 1. The van der Waals surface area contributed by atoms with Crippen LogP contribution in [-0.2, 0) is 4.74 Å². The van der Waals surface area contributed by atoms with Crippen molar-refractivity contribution in [1.29, 1.82) is 0 Å². The molecule has 6 heteroatoms. The fourth-order valence-corrected chi connectivity index (χ4v) is 3.19. The second-order valence-electron chi connectivity index (χ2n) is 5.45. The highest BCUT2D eigenvalue weighted by molar-refractivity contribution is 6.42. The minimum atomic E-state index is -0.0672. The van der Waals surface area contributed by atoms with Crippen molar-refractivity contribution in [3.05, 3.63) is 58.4 Å². The van der Waals surface area contributed by atoms with Gasteiger partial charge < -0.3 is 14.1 Å². The molecule has 1 aromatic carbocycles. The molecule has 0 aliphatic carbocycles. The van der Waals surface area contributed by atoms with Crippen molar-refractivity contribution in [3.63, 3.8) is 0 Å². The van der Waals surface area contributed by atoms with E-state index in [4.69, 9.17) is 32.4 Å². The lowest BCUT2D eigenvalue weighted by atomic mass is 10.1. The number of nitrogens with zero attached hydrogens (tertiary/aromatic N) is 2. The van der Waals surface area contributed by atoms with Crippen LogP contribution in [0.3, 0.4) is 0 Å². The smallest absolute Gasteiger partial charge is 0.139 e. The van der Waals surface area contributed by atoms with E-state index >= 15 is 0 Å². The van der Waals surface area contributed by atoms with E-state index in [0.717, 1.165) is 28.9 Å². The lowest BCUT2D eigenvalue weighted by Crippen LogP contribution is -2.38. The molecule has 0 spiro atoms. The first-order chi connectivity index (χ1) is 11.2. The number of rotatable bonds is 2. The van der Waals surface area contributed by atoms with Gasteiger partial charge in [-0.25, -0.2) is 4.98 Å². The number of morpholine rings is 1. The molecule has 23 heavy (non-hydrogen) atoms. The molecule has 1 aliphatic heterocycles. The molecule has 4 nitrogen and oxygen atoms in total. The molecule has 1 saturated heterocycles. The quantitative estimate of drug-likeness (QED) is 0.672. The van der Waals surface area contributed by atoms with E-state index in [9.17, 15) is 0 Å². The number of anilines is 1. The van der Waals surface area contributed by atoms with Gasteiger partial charge in [0.2, 0.25) is 0 Å². The Kier molecular flexibility index (Phi) is 3.89. The van der Waals surface area contributed by atoms with Crippen LogP contribution in [0, 0.1) is 0 Å². The molecule has 1 aliphatic rings. The highest BCUT2D eigenvalue weighted by Crippen LogP contribution is 2.32. The van der Waals surface area contributed by atoms with Gasteiger partial charge in [0.1, 0.15) is 17.5 Å². The molecule has 0 radical (unpaired) electrons. The summed E-state index contributed by atoms with van der Waals surface area (Å²) in [6, 6.07) is 9.44. The summed E-state index contributed by atoms with van der Waals surface area (Å²) < 4.78 is 11.4. The van der Waals surface area contributed by atoms with Crippen molar-refractivity contribution in [2.45, 2.75) is 6.10 Å². The molecular formula is C17H14Cl2N2O2. The first-order valence-electron chi connectivity index (χ1n) is 7.36. The maximum atomic E-state index is 6.12. The average molecular weight is 349 g/mol. The van der Waals surface area contributed by atoms with Gasteiger partial charge in [-0.05, 0) is 29.8 Å². The van der Waals surface area contributed by atoms with Gasteiger partial charge in [-0.3, -0.25) is 0 Å². The summed E-state index contributed by atoms with van der Waals surface area (Å²) in [5.41, 5.74) is 1.86. The summed E-state index contributed by atoms with van der Waals surface area (Å²) in [7, 11) is 0. The first-order valence-corrected chi connectivity index (χ1v) is 8.11. The summed E-state index contributed by atoms with van der Waals surface area (Å²) in [4.78, 5) is 6.74. The zero-order valence-corrected chi connectivity index (χ0v) is 13.7. The Hall–Kier alpha value is -1.75. The summed E-state index contributed by atoms with van der Waals surface area (Å²) in [6.45, 7) is 2.12. The number of hydrogen-bond donors (Lipinski definition) is 0. The molecule has 3 aromatic rings. The normalized spacial score (nSPS) is 18.5. The van der Waals surface area contributed by atoms with Crippen molar-refractivity contribution in [2.75, 3.05) is 24.6 Å². The lowest BCUT2D eigenvalue weighted by Gasteiger charge is -2.34. The van der Waals surface area contributed by atoms with Crippen LogP contribution in [0.15, 0.2) is 47.2 Å². The van der Waals surface area contributed by atoms with E-state index in [2.05, 4.69) is 9.88 Å². The van der Waals surface area contributed by atoms with Gasteiger partial charge in [0.25, 0.3) is 0 Å². The third-order valence-electron chi connectivity index (χ3n) is 4.04. The zero-order valence-electron chi connectivity index (χ0n) is 12.2. The zero-order chi connectivity index (χ0) is 15.8. The van der Waals surface area contributed by atoms with Crippen LogP contribution in [-0.4, -0.2) is 24.7 Å². The molecule has 0 N–H and O–H groups in total. The van der Waals surface area contributed by atoms with Crippen molar-refractivity contribution < 1.29 is 9.15 Å². The van der Waals surface area contributed by atoms with Gasteiger partial charge in [-0.15, -0.1) is 0 Å². The van der Waals surface area contributed by atoms with Crippen LogP contribution in [0.4, 0.5) is 5.82 Å². The monoisotopic (exact) mass is 348 g/mol. The van der Waals surface area contributed by atoms with E-state index < -0.39 is 0 Å². The van der Waals surface area contributed by atoms with Gasteiger partial charge in [-0.2, -0.15) is 0 Å². The van der Waals surface area contributed by atoms with Gasteiger partial charge in [-0.1, -0.05) is 29.3 Å². The average Bonchev–Trinajstić information content (AvgIpc) is 3.06. The Morgan fingerprint density at radius 1 is 1.13 bits per heavy atom. The summed E-state index contributed by atoms with van der Waals surface area (Å²) in [5, 5.41) is 2.11. The third-order valence-corrected chi connectivity index (χ3v) is 4.78. The van der Waals surface area contributed by atoms with Gasteiger partial charge in [0.05, 0.1) is 28.3 Å². The molecule has 1 unspecified atom stereocenters. The predicted octanol–water partition coefficient (Wildman–Crippen LogP) is 4.71. The molecule has 1 atom stereocenters. The summed E-state index contributed by atoms with van der Waals surface area (Å²) >= 11 is 12.1. The lowest BCUT2D eigenvalue weighted by molar-refractivity contribution is 0.0396. The number of aromatic nitrogens is 1. The number of halogens is 2. The third kappa shape index (κ3) is 2.78. The Labute approximate surface area is 143 Å². The van der Waals surface area contributed by atoms with Gasteiger partial charge >= 0.3 is 0 Å². The van der Waals surface area contributed by atoms with Crippen molar-refractivity contribution in [2.24, 2.45) is 0 Å². The maximum Gasteiger partial charge on any atom is 0.139 e. The Bertz CT molecular complexity index is 849. The molecule has 3 heterocycles. The van der Waals surface area contributed by atoms with Gasteiger partial charge in [0.15, 0.2) is 0 Å². The molecule has 1 fully saturated rings. The summed E-state index contributed by atoms with van der Waals surface area (Å²) in [6.07, 6.45) is 3.39. The van der Waals surface area contributed by atoms with Crippen LogP contribution in [0.5, 0.6) is 0 Å². The standard InChI is InChI=1S/C17H14Cl2N2O2/c18-13-2-1-11(9-14(13)19)16-10-21(6-8-23-16)17-12-4-7-22-15(12)3-5-20-17/h1-5,7,9,16H,6,8,10H2. The molecule has 4 rings (SSSR count). The number of pyridine rings is 1. The Morgan fingerprint density at radius 2 is 2.04 bits per heavy atom. The van der Waals surface area contributed by atoms with E-state index in [1.54, 1.807) is 18.5 Å². The van der Waals surface area contributed by atoms with Crippen LogP contribution >= 0.6 is 23.2 Å². The van der Waals surface area contributed by atoms with E-state index in [1.165, 1.54) is 0 Å². The molecule has 2 aromatic heterocycles. The Morgan fingerprint density at radius 3 is 2.91 bits per heavy atom. The van der Waals surface area contributed by atoms with Gasteiger partial charge in [0, 0.05) is 19.3 Å². The highest BCUT2D eigenvalue weighted by atomic mass is 35.5. The van der Waals surface area contributed by atoms with Crippen LogP contribution in [0.1, 0.15) is 11.7 Å². The summed E-state index contributed by atoms with van der Waals surface area (Å²) in [5.74, 6) is 0.921.